The van der Waals surface area contributed by atoms with Gasteiger partial charge in [-0.15, -0.1) is 0 Å². The van der Waals surface area contributed by atoms with E-state index in [9.17, 15) is 9.50 Å². The SMILES string of the molecule is CCO[C@@H](CCO)[C@@H](O)c1ccc(O)c(F)c1. The van der Waals surface area contributed by atoms with Gasteiger partial charge in [0.1, 0.15) is 6.10 Å². The van der Waals surface area contributed by atoms with Gasteiger partial charge in [-0.2, -0.15) is 0 Å². The molecule has 0 aromatic heterocycles. The van der Waals surface area contributed by atoms with Gasteiger partial charge >= 0.3 is 0 Å². The lowest BCUT2D eigenvalue weighted by molar-refractivity contribution is -0.0449. The average molecular weight is 244 g/mol. The van der Waals surface area contributed by atoms with E-state index in [1.165, 1.54) is 12.1 Å². The van der Waals surface area contributed by atoms with Crippen molar-refractivity contribution in [3.05, 3.63) is 29.6 Å². The Hall–Kier alpha value is -1.17. The normalized spacial score (nSPS) is 14.6. The average Bonchev–Trinajstić information content (AvgIpc) is 2.31. The first-order chi connectivity index (χ1) is 8.10. The summed E-state index contributed by atoms with van der Waals surface area (Å²) in [6.45, 7) is 2.04. The second-order valence-electron chi connectivity index (χ2n) is 3.66. The molecule has 0 saturated heterocycles. The number of hydrogen-bond acceptors (Lipinski definition) is 4. The molecule has 0 radical (unpaired) electrons. The maximum atomic E-state index is 13.1. The van der Waals surface area contributed by atoms with Gasteiger partial charge in [-0.05, 0) is 31.0 Å². The van der Waals surface area contributed by atoms with Crippen LogP contribution in [0.1, 0.15) is 25.0 Å². The van der Waals surface area contributed by atoms with Gasteiger partial charge in [0.2, 0.25) is 0 Å². The van der Waals surface area contributed by atoms with Crippen LogP contribution in [0.2, 0.25) is 0 Å². The highest BCUT2D eigenvalue weighted by Gasteiger charge is 2.21. The van der Waals surface area contributed by atoms with Crippen LogP contribution in [0.15, 0.2) is 18.2 Å². The topological polar surface area (TPSA) is 69.9 Å². The highest BCUT2D eigenvalue weighted by Crippen LogP contribution is 2.25. The Balaban J connectivity index is 2.84. The summed E-state index contributed by atoms with van der Waals surface area (Å²) in [4.78, 5) is 0. The summed E-state index contributed by atoms with van der Waals surface area (Å²) in [5, 5.41) is 27.9. The fourth-order valence-electron chi connectivity index (χ4n) is 1.60. The smallest absolute Gasteiger partial charge is 0.165 e. The van der Waals surface area contributed by atoms with Crippen LogP contribution in [-0.2, 0) is 4.74 Å². The summed E-state index contributed by atoms with van der Waals surface area (Å²) in [5.41, 5.74) is 0.312. The van der Waals surface area contributed by atoms with E-state index >= 15 is 0 Å². The van der Waals surface area contributed by atoms with Crippen LogP contribution in [0, 0.1) is 5.82 Å². The van der Waals surface area contributed by atoms with Crippen molar-refractivity contribution in [2.45, 2.75) is 25.6 Å². The zero-order chi connectivity index (χ0) is 12.8. The largest absolute Gasteiger partial charge is 0.505 e. The van der Waals surface area contributed by atoms with E-state index in [1.807, 2.05) is 0 Å². The molecule has 0 aliphatic heterocycles. The third-order valence-electron chi connectivity index (χ3n) is 2.46. The van der Waals surface area contributed by atoms with E-state index in [2.05, 4.69) is 0 Å². The second kappa shape index (κ2) is 6.54. The van der Waals surface area contributed by atoms with E-state index in [-0.39, 0.29) is 13.0 Å². The highest BCUT2D eigenvalue weighted by molar-refractivity contribution is 5.29. The van der Waals surface area contributed by atoms with Crippen LogP contribution in [-0.4, -0.2) is 34.6 Å². The Morgan fingerprint density at radius 2 is 2.12 bits per heavy atom. The summed E-state index contributed by atoms with van der Waals surface area (Å²) in [5.74, 6) is -1.25. The molecule has 1 aromatic rings. The summed E-state index contributed by atoms with van der Waals surface area (Å²) in [6.07, 6.45) is -1.36. The summed E-state index contributed by atoms with van der Waals surface area (Å²) < 4.78 is 18.4. The fourth-order valence-corrected chi connectivity index (χ4v) is 1.60. The van der Waals surface area contributed by atoms with E-state index in [0.29, 0.717) is 12.2 Å². The number of aliphatic hydroxyl groups is 2. The molecule has 3 N–H and O–H groups in total. The van der Waals surface area contributed by atoms with Crippen molar-refractivity contribution in [1.82, 2.24) is 0 Å². The maximum absolute atomic E-state index is 13.1. The molecule has 0 aliphatic carbocycles. The number of aromatic hydroxyl groups is 1. The predicted molar refractivity (Wildman–Crippen MR) is 60.1 cm³/mol. The summed E-state index contributed by atoms with van der Waals surface area (Å²) in [7, 11) is 0. The van der Waals surface area contributed by atoms with Gasteiger partial charge in [-0.1, -0.05) is 6.07 Å². The first-order valence-corrected chi connectivity index (χ1v) is 5.49. The number of aliphatic hydroxyl groups excluding tert-OH is 2. The second-order valence-corrected chi connectivity index (χ2v) is 3.66. The van der Waals surface area contributed by atoms with Crippen molar-refractivity contribution in [3.63, 3.8) is 0 Å². The third-order valence-corrected chi connectivity index (χ3v) is 2.46. The van der Waals surface area contributed by atoms with Gasteiger partial charge in [-0.3, -0.25) is 0 Å². The van der Waals surface area contributed by atoms with Crippen LogP contribution in [0.5, 0.6) is 5.75 Å². The number of halogens is 1. The molecule has 0 spiro atoms. The molecular weight excluding hydrogens is 227 g/mol. The van der Waals surface area contributed by atoms with Crippen LogP contribution < -0.4 is 0 Å². The minimum absolute atomic E-state index is 0.123. The first-order valence-electron chi connectivity index (χ1n) is 5.49. The zero-order valence-corrected chi connectivity index (χ0v) is 9.64. The standard InChI is InChI=1S/C12H17FO4/c1-2-17-11(5-6-14)12(16)8-3-4-10(15)9(13)7-8/h3-4,7,11-12,14-16H,2,5-6H2,1H3/t11-,12-/m0/s1. The number of ether oxygens (including phenoxy) is 1. The zero-order valence-electron chi connectivity index (χ0n) is 9.64. The Bertz CT molecular complexity index is 350. The summed E-state index contributed by atoms with van der Waals surface area (Å²) >= 11 is 0. The number of benzene rings is 1. The lowest BCUT2D eigenvalue weighted by atomic mass is 10.0. The Morgan fingerprint density at radius 1 is 1.41 bits per heavy atom. The van der Waals surface area contributed by atoms with E-state index in [4.69, 9.17) is 14.9 Å². The van der Waals surface area contributed by atoms with Gasteiger partial charge in [0.25, 0.3) is 0 Å². The quantitative estimate of drug-likeness (QED) is 0.706. The maximum Gasteiger partial charge on any atom is 0.165 e. The molecule has 5 heteroatoms. The van der Waals surface area contributed by atoms with Crippen molar-refractivity contribution in [1.29, 1.82) is 0 Å². The van der Waals surface area contributed by atoms with Crippen LogP contribution in [0.3, 0.4) is 0 Å². The molecule has 0 aliphatic rings. The molecule has 0 unspecified atom stereocenters. The molecule has 0 fully saturated rings. The van der Waals surface area contributed by atoms with Crippen molar-refractivity contribution < 1.29 is 24.4 Å². The molecule has 1 rings (SSSR count). The number of hydrogen-bond donors (Lipinski definition) is 3. The Morgan fingerprint density at radius 3 is 2.65 bits per heavy atom. The first kappa shape index (κ1) is 13.9. The van der Waals surface area contributed by atoms with Gasteiger partial charge in [0.05, 0.1) is 6.10 Å². The van der Waals surface area contributed by atoms with E-state index in [1.54, 1.807) is 6.92 Å². The Labute approximate surface area is 99.3 Å². The van der Waals surface area contributed by atoms with Gasteiger partial charge in [-0.25, -0.2) is 4.39 Å². The Kier molecular flexibility index (Phi) is 5.34. The molecule has 17 heavy (non-hydrogen) atoms. The molecule has 0 saturated carbocycles. The van der Waals surface area contributed by atoms with Gasteiger partial charge in [0.15, 0.2) is 11.6 Å². The molecule has 2 atom stereocenters. The lowest BCUT2D eigenvalue weighted by Gasteiger charge is -2.22. The molecule has 4 nitrogen and oxygen atoms in total. The highest BCUT2D eigenvalue weighted by atomic mass is 19.1. The van der Waals surface area contributed by atoms with Crippen molar-refractivity contribution in [2.75, 3.05) is 13.2 Å². The molecule has 0 bridgehead atoms. The minimum Gasteiger partial charge on any atom is -0.505 e. The fraction of sp³-hybridized carbons (Fsp3) is 0.500. The number of rotatable bonds is 6. The van der Waals surface area contributed by atoms with Crippen LogP contribution in [0.4, 0.5) is 4.39 Å². The van der Waals surface area contributed by atoms with Crippen molar-refractivity contribution in [2.24, 2.45) is 0 Å². The summed E-state index contributed by atoms with van der Waals surface area (Å²) in [6, 6.07) is 3.66. The lowest BCUT2D eigenvalue weighted by Crippen LogP contribution is -2.23. The van der Waals surface area contributed by atoms with Crippen LogP contribution in [0.25, 0.3) is 0 Å². The van der Waals surface area contributed by atoms with Crippen molar-refractivity contribution >= 4 is 0 Å². The van der Waals surface area contributed by atoms with Gasteiger partial charge < -0.3 is 20.1 Å². The third kappa shape index (κ3) is 3.66. The monoisotopic (exact) mass is 244 g/mol. The molecule has 0 amide bonds. The minimum atomic E-state index is -1.03. The van der Waals surface area contributed by atoms with Crippen molar-refractivity contribution in [3.8, 4) is 5.75 Å². The van der Waals surface area contributed by atoms with Crippen LogP contribution >= 0.6 is 0 Å². The molecule has 0 heterocycles. The van der Waals surface area contributed by atoms with Gasteiger partial charge in [0, 0.05) is 13.2 Å². The number of phenolic OH excluding ortho intramolecular Hbond substituents is 1. The van der Waals surface area contributed by atoms with E-state index < -0.39 is 23.8 Å². The predicted octanol–water partition coefficient (Wildman–Crippen LogP) is 1.35. The number of phenols is 1. The molecule has 1 aromatic carbocycles. The molecule has 96 valence electrons. The van der Waals surface area contributed by atoms with E-state index in [0.717, 1.165) is 6.07 Å². The molecular formula is C12H17FO4.